The molecule has 2 atom stereocenters. The number of benzene rings is 2. The number of hydrogen-bond donors (Lipinski definition) is 1. The van der Waals surface area contributed by atoms with Crippen molar-refractivity contribution in [2.75, 3.05) is 78.8 Å². The van der Waals surface area contributed by atoms with Crippen molar-refractivity contribution in [3.63, 3.8) is 0 Å². The number of rotatable bonds is 11. The van der Waals surface area contributed by atoms with Crippen LogP contribution in [-0.4, -0.2) is 117 Å². The number of aliphatic hydroxyl groups is 1. The minimum Gasteiger partial charge on any atom is -0.491 e. The van der Waals surface area contributed by atoms with Gasteiger partial charge in [0.2, 0.25) is 0 Å². The molecule has 0 unspecified atom stereocenters. The second kappa shape index (κ2) is 13.8. The molecule has 10 heteroatoms. The van der Waals surface area contributed by atoms with Gasteiger partial charge in [-0.2, -0.15) is 0 Å². The number of nitrogens with zero attached hydrogens (tertiary/aromatic N) is 3. The van der Waals surface area contributed by atoms with Crippen molar-refractivity contribution in [1.29, 1.82) is 0 Å². The molecule has 0 aromatic heterocycles. The van der Waals surface area contributed by atoms with E-state index < -0.39 is 11.9 Å². The maximum Gasteiger partial charge on any atom is 0.254 e. The lowest BCUT2D eigenvalue weighted by molar-refractivity contribution is -0.0545. The largest absolute Gasteiger partial charge is 0.491 e. The number of carbonyl (C=O) groups is 1. The average Bonchev–Trinajstić information content (AvgIpc) is 2.91. The predicted molar refractivity (Wildman–Crippen MR) is 134 cm³/mol. The van der Waals surface area contributed by atoms with Gasteiger partial charge in [-0.25, -0.2) is 8.78 Å². The Bertz CT molecular complexity index is 990. The quantitative estimate of drug-likeness (QED) is 0.486. The third-order valence-electron chi connectivity index (χ3n) is 6.52. The molecule has 0 aliphatic carbocycles. The lowest BCUT2D eigenvalue weighted by Gasteiger charge is -2.37. The van der Waals surface area contributed by atoms with Gasteiger partial charge in [0.1, 0.15) is 30.1 Å². The normalized spacial score (nSPS) is 19.9. The summed E-state index contributed by atoms with van der Waals surface area (Å²) in [7, 11) is 0. The summed E-state index contributed by atoms with van der Waals surface area (Å²) in [5.74, 6) is -0.536. The molecule has 1 amide bonds. The van der Waals surface area contributed by atoms with Gasteiger partial charge in [0.15, 0.2) is 0 Å². The molecule has 2 aromatic rings. The highest BCUT2D eigenvalue weighted by Gasteiger charge is 2.27. The maximum atomic E-state index is 13.8. The van der Waals surface area contributed by atoms with E-state index in [2.05, 4.69) is 9.80 Å². The lowest BCUT2D eigenvalue weighted by atomic mass is 10.1. The first kappa shape index (κ1) is 27.4. The van der Waals surface area contributed by atoms with Crippen LogP contribution in [0.15, 0.2) is 48.5 Å². The number of amides is 1. The van der Waals surface area contributed by atoms with Crippen molar-refractivity contribution in [1.82, 2.24) is 14.7 Å². The molecular formula is C27H35F2N3O5. The molecule has 0 saturated carbocycles. The van der Waals surface area contributed by atoms with Gasteiger partial charge >= 0.3 is 0 Å². The van der Waals surface area contributed by atoms with E-state index in [9.17, 15) is 18.7 Å². The van der Waals surface area contributed by atoms with Gasteiger partial charge in [0, 0.05) is 57.9 Å². The molecule has 2 aromatic carbocycles. The van der Waals surface area contributed by atoms with Crippen LogP contribution in [0.5, 0.6) is 5.75 Å². The van der Waals surface area contributed by atoms with Crippen LogP contribution in [0.3, 0.4) is 0 Å². The third-order valence-corrected chi connectivity index (χ3v) is 6.52. The van der Waals surface area contributed by atoms with E-state index in [4.69, 9.17) is 14.2 Å². The number of ether oxygens (including phenoxy) is 3. The van der Waals surface area contributed by atoms with Crippen LogP contribution < -0.4 is 4.74 Å². The van der Waals surface area contributed by atoms with Crippen molar-refractivity contribution in [3.05, 3.63) is 65.7 Å². The molecule has 2 heterocycles. The minimum atomic E-state index is -0.741. The SMILES string of the molecule is O=C(c1cccc(F)c1)N(CCN1CCOCC1)C[C@H]1CN(C[C@H](O)COc2ccc(F)cc2)CCO1. The number of halogens is 2. The molecule has 2 aliphatic rings. The molecule has 4 rings (SSSR count). The summed E-state index contributed by atoms with van der Waals surface area (Å²) < 4.78 is 43.8. The van der Waals surface area contributed by atoms with E-state index in [0.29, 0.717) is 70.4 Å². The Morgan fingerprint density at radius 1 is 1.05 bits per heavy atom. The highest BCUT2D eigenvalue weighted by atomic mass is 19.1. The first-order valence-corrected chi connectivity index (χ1v) is 12.7. The van der Waals surface area contributed by atoms with Crippen molar-refractivity contribution < 1.29 is 32.9 Å². The highest BCUT2D eigenvalue weighted by molar-refractivity contribution is 5.94. The Morgan fingerprint density at radius 2 is 1.81 bits per heavy atom. The van der Waals surface area contributed by atoms with E-state index in [1.54, 1.807) is 11.0 Å². The van der Waals surface area contributed by atoms with Crippen LogP contribution >= 0.6 is 0 Å². The van der Waals surface area contributed by atoms with Crippen molar-refractivity contribution in [3.8, 4) is 5.75 Å². The fraction of sp³-hybridized carbons (Fsp3) is 0.519. The lowest BCUT2D eigenvalue weighted by Crippen LogP contribution is -2.52. The molecule has 8 nitrogen and oxygen atoms in total. The number of hydrogen-bond acceptors (Lipinski definition) is 7. The van der Waals surface area contributed by atoms with Crippen molar-refractivity contribution >= 4 is 5.91 Å². The Labute approximate surface area is 216 Å². The molecule has 37 heavy (non-hydrogen) atoms. The molecular weight excluding hydrogens is 484 g/mol. The van der Waals surface area contributed by atoms with Crippen LogP contribution in [0.1, 0.15) is 10.4 Å². The van der Waals surface area contributed by atoms with E-state index >= 15 is 0 Å². The minimum absolute atomic E-state index is 0.0807. The molecule has 0 radical (unpaired) electrons. The number of carbonyl (C=O) groups excluding carboxylic acids is 1. The molecule has 0 bridgehead atoms. The molecule has 0 spiro atoms. The summed E-state index contributed by atoms with van der Waals surface area (Å²) in [6.45, 7) is 6.64. The van der Waals surface area contributed by atoms with Gasteiger partial charge in [0.05, 0.1) is 25.9 Å². The number of β-amino-alcohol motifs (C(OH)–C–C–N with tert-alkyl or cyclic N) is 1. The molecule has 2 fully saturated rings. The number of aliphatic hydroxyl groups excluding tert-OH is 1. The van der Waals surface area contributed by atoms with Crippen LogP contribution in [-0.2, 0) is 9.47 Å². The summed E-state index contributed by atoms with van der Waals surface area (Å²) >= 11 is 0. The smallest absolute Gasteiger partial charge is 0.254 e. The van der Waals surface area contributed by atoms with Gasteiger partial charge in [0.25, 0.3) is 5.91 Å². The number of morpholine rings is 2. The van der Waals surface area contributed by atoms with Crippen LogP contribution in [0.4, 0.5) is 8.78 Å². The highest BCUT2D eigenvalue weighted by Crippen LogP contribution is 2.14. The zero-order chi connectivity index (χ0) is 26.0. The van der Waals surface area contributed by atoms with Gasteiger partial charge in [-0.3, -0.25) is 14.6 Å². The van der Waals surface area contributed by atoms with Gasteiger partial charge in [-0.1, -0.05) is 6.07 Å². The van der Waals surface area contributed by atoms with Crippen molar-refractivity contribution in [2.24, 2.45) is 0 Å². The molecule has 1 N–H and O–H groups in total. The standard InChI is InChI=1S/C27H35F2N3O5/c28-22-4-6-25(7-5-22)37-20-24(33)17-31-12-15-36-26(18-31)19-32(9-8-30-10-13-35-14-11-30)27(34)21-2-1-3-23(29)16-21/h1-7,16,24,26,33H,8-15,17-20H2/t24-,26+/m0/s1. The summed E-state index contributed by atoms with van der Waals surface area (Å²) in [5.41, 5.74) is 0.308. The van der Waals surface area contributed by atoms with Gasteiger partial charge in [-0.15, -0.1) is 0 Å². The topological polar surface area (TPSA) is 74.7 Å². The first-order valence-electron chi connectivity index (χ1n) is 12.7. The zero-order valence-electron chi connectivity index (χ0n) is 20.9. The zero-order valence-corrected chi connectivity index (χ0v) is 20.9. The predicted octanol–water partition coefficient (Wildman–Crippen LogP) is 1.88. The monoisotopic (exact) mass is 519 g/mol. The Hall–Kier alpha value is -2.63. The third kappa shape index (κ3) is 8.72. The first-order chi connectivity index (χ1) is 18.0. The second-order valence-electron chi connectivity index (χ2n) is 9.39. The van der Waals surface area contributed by atoms with E-state index in [1.165, 1.54) is 42.5 Å². The van der Waals surface area contributed by atoms with Gasteiger partial charge in [-0.05, 0) is 42.5 Å². The summed E-state index contributed by atoms with van der Waals surface area (Å²) in [6.07, 6.45) is -0.990. The van der Waals surface area contributed by atoms with E-state index in [0.717, 1.165) is 13.1 Å². The molecule has 2 aliphatic heterocycles. The van der Waals surface area contributed by atoms with Crippen LogP contribution in [0, 0.1) is 11.6 Å². The Morgan fingerprint density at radius 3 is 2.57 bits per heavy atom. The molecule has 202 valence electrons. The Kier molecular flexibility index (Phi) is 10.2. The Balaban J connectivity index is 1.32. The fourth-order valence-electron chi connectivity index (χ4n) is 4.54. The second-order valence-corrected chi connectivity index (χ2v) is 9.39. The maximum absolute atomic E-state index is 13.8. The summed E-state index contributed by atoms with van der Waals surface area (Å²) in [6, 6.07) is 11.4. The fourth-order valence-corrected chi connectivity index (χ4v) is 4.54. The van der Waals surface area contributed by atoms with Crippen LogP contribution in [0.2, 0.25) is 0 Å². The summed E-state index contributed by atoms with van der Waals surface area (Å²) in [5, 5.41) is 10.5. The van der Waals surface area contributed by atoms with Crippen molar-refractivity contribution in [2.45, 2.75) is 12.2 Å². The summed E-state index contributed by atoms with van der Waals surface area (Å²) in [4.78, 5) is 19.4. The van der Waals surface area contributed by atoms with Gasteiger partial charge < -0.3 is 24.2 Å². The van der Waals surface area contributed by atoms with E-state index in [1.807, 2.05) is 0 Å². The average molecular weight is 520 g/mol. The van der Waals surface area contributed by atoms with Crippen LogP contribution in [0.25, 0.3) is 0 Å². The molecule has 2 saturated heterocycles. The van der Waals surface area contributed by atoms with E-state index in [-0.39, 0.29) is 24.4 Å².